The maximum Gasteiger partial charge on any atom is 0.225 e. The molecule has 1 aromatic rings. The minimum Gasteiger partial charge on any atom is -0.481 e. The number of methoxy groups -OCH3 is 2. The molecule has 13 heavy (non-hydrogen) atoms. The fraction of sp³-hybridized carbons (Fsp3) is 0.429. The summed E-state index contributed by atoms with van der Waals surface area (Å²) in [6.07, 6.45) is 1.34. The first kappa shape index (κ1) is 9.69. The summed E-state index contributed by atoms with van der Waals surface area (Å²) in [6.45, 7) is 0.146. The van der Waals surface area contributed by atoms with Crippen LogP contribution in [0, 0.1) is 0 Å². The van der Waals surface area contributed by atoms with Gasteiger partial charge in [-0.05, 0) is 0 Å². The smallest absolute Gasteiger partial charge is 0.225 e. The second-order valence-corrected chi connectivity index (χ2v) is 2.18. The molecule has 0 bridgehead atoms. The molecule has 2 N–H and O–H groups in total. The van der Waals surface area contributed by atoms with Gasteiger partial charge in [0.1, 0.15) is 18.5 Å². The Morgan fingerprint density at radius 2 is 1.77 bits per heavy atom. The van der Waals surface area contributed by atoms with Crippen molar-refractivity contribution in [3.05, 3.63) is 11.9 Å². The lowest BCUT2D eigenvalue weighted by molar-refractivity contribution is 0.118. The number of ether oxygens (including phenoxy) is 2. The van der Waals surface area contributed by atoms with Gasteiger partial charge in [-0.2, -0.15) is 0 Å². The zero-order chi connectivity index (χ0) is 9.68. The molecule has 1 rings (SSSR count). The van der Waals surface area contributed by atoms with Crippen molar-refractivity contribution >= 4 is 0 Å². The van der Waals surface area contributed by atoms with Gasteiger partial charge in [0.25, 0.3) is 0 Å². The number of hydrogen-bond donors (Lipinski definition) is 1. The van der Waals surface area contributed by atoms with Crippen LogP contribution in [0.4, 0.5) is 0 Å². The van der Waals surface area contributed by atoms with E-state index < -0.39 is 0 Å². The third kappa shape index (κ3) is 2.04. The first-order valence-electron chi connectivity index (χ1n) is 3.57. The van der Waals surface area contributed by atoms with Gasteiger partial charge in [-0.1, -0.05) is 0 Å². The van der Waals surface area contributed by atoms with Crippen LogP contribution in [0.1, 0.15) is 5.56 Å². The van der Waals surface area contributed by atoms with Crippen molar-refractivity contribution in [1.82, 2.24) is 9.97 Å². The van der Waals surface area contributed by atoms with Gasteiger partial charge in [0.2, 0.25) is 11.8 Å². The third-order valence-corrected chi connectivity index (χ3v) is 1.48. The highest BCUT2D eigenvalue weighted by Gasteiger charge is 2.11. The van der Waals surface area contributed by atoms with E-state index in [1.54, 1.807) is 0 Å². The van der Waals surface area contributed by atoms with Crippen LogP contribution in [-0.4, -0.2) is 24.2 Å². The zero-order valence-corrected chi connectivity index (χ0v) is 7.48. The summed E-state index contributed by atoms with van der Waals surface area (Å²) in [7, 11) is 3.00. The van der Waals surface area contributed by atoms with Gasteiger partial charge in [0.15, 0.2) is 0 Å². The van der Waals surface area contributed by atoms with Crippen LogP contribution in [0.15, 0.2) is 6.33 Å². The van der Waals surface area contributed by atoms with Crippen LogP contribution in [-0.2, 0) is 11.4 Å². The molecule has 1 aromatic heterocycles. The maximum absolute atomic E-state index is 4.97. The first-order chi connectivity index (χ1) is 6.33. The SMILES string of the molecule is COc1ncnc(OC)c1CON. The quantitative estimate of drug-likeness (QED) is 0.659. The van der Waals surface area contributed by atoms with E-state index in [2.05, 4.69) is 14.8 Å². The monoisotopic (exact) mass is 185 g/mol. The zero-order valence-electron chi connectivity index (χ0n) is 7.48. The Labute approximate surface area is 75.6 Å². The van der Waals surface area contributed by atoms with Gasteiger partial charge in [0.05, 0.1) is 14.2 Å². The minimum atomic E-state index is 0.146. The molecule has 0 saturated carbocycles. The molecule has 6 heteroatoms. The average Bonchev–Trinajstić information content (AvgIpc) is 2.18. The normalized spacial score (nSPS) is 9.77. The summed E-state index contributed by atoms with van der Waals surface area (Å²) >= 11 is 0. The summed E-state index contributed by atoms with van der Waals surface area (Å²) in [6, 6.07) is 0. The predicted octanol–water partition coefficient (Wildman–Crippen LogP) is -0.116. The van der Waals surface area contributed by atoms with Crippen LogP contribution in [0.2, 0.25) is 0 Å². The number of nitrogens with zero attached hydrogens (tertiary/aromatic N) is 2. The van der Waals surface area contributed by atoms with Gasteiger partial charge in [-0.3, -0.25) is 4.84 Å². The molecular weight excluding hydrogens is 174 g/mol. The molecule has 0 aliphatic heterocycles. The van der Waals surface area contributed by atoms with Crippen LogP contribution in [0.25, 0.3) is 0 Å². The molecular formula is C7H11N3O3. The highest BCUT2D eigenvalue weighted by atomic mass is 16.6. The van der Waals surface area contributed by atoms with Gasteiger partial charge < -0.3 is 9.47 Å². The number of rotatable bonds is 4. The fourth-order valence-corrected chi connectivity index (χ4v) is 0.940. The molecule has 0 aliphatic carbocycles. The van der Waals surface area contributed by atoms with E-state index in [0.29, 0.717) is 17.3 Å². The Morgan fingerprint density at radius 1 is 1.23 bits per heavy atom. The van der Waals surface area contributed by atoms with Crippen molar-refractivity contribution in [2.45, 2.75) is 6.61 Å². The lowest BCUT2D eigenvalue weighted by Gasteiger charge is -2.08. The van der Waals surface area contributed by atoms with Crippen molar-refractivity contribution in [3.8, 4) is 11.8 Å². The second kappa shape index (κ2) is 4.58. The van der Waals surface area contributed by atoms with Gasteiger partial charge in [-0.15, -0.1) is 0 Å². The Kier molecular flexibility index (Phi) is 3.41. The van der Waals surface area contributed by atoms with Crippen molar-refractivity contribution in [2.24, 2.45) is 5.90 Å². The van der Waals surface area contributed by atoms with Crippen LogP contribution < -0.4 is 15.4 Å². The predicted molar refractivity (Wildman–Crippen MR) is 44.1 cm³/mol. The molecule has 0 spiro atoms. The minimum absolute atomic E-state index is 0.146. The fourth-order valence-electron chi connectivity index (χ4n) is 0.940. The van der Waals surface area contributed by atoms with Crippen molar-refractivity contribution in [3.63, 3.8) is 0 Å². The number of aromatic nitrogens is 2. The van der Waals surface area contributed by atoms with Crippen LogP contribution in [0.5, 0.6) is 11.8 Å². The van der Waals surface area contributed by atoms with Gasteiger partial charge in [-0.25, -0.2) is 15.9 Å². The lowest BCUT2D eigenvalue weighted by Crippen LogP contribution is -2.05. The Bertz CT molecular complexity index is 257. The molecule has 0 atom stereocenters. The topological polar surface area (TPSA) is 79.5 Å². The summed E-state index contributed by atoms with van der Waals surface area (Å²) in [5, 5.41) is 0. The molecule has 0 unspecified atom stereocenters. The molecule has 0 saturated heterocycles. The van der Waals surface area contributed by atoms with E-state index in [4.69, 9.17) is 15.4 Å². The maximum atomic E-state index is 4.97. The molecule has 6 nitrogen and oxygen atoms in total. The first-order valence-corrected chi connectivity index (χ1v) is 3.57. The summed E-state index contributed by atoms with van der Waals surface area (Å²) < 4.78 is 9.95. The van der Waals surface area contributed by atoms with Crippen LogP contribution >= 0.6 is 0 Å². The van der Waals surface area contributed by atoms with E-state index >= 15 is 0 Å². The summed E-state index contributed by atoms with van der Waals surface area (Å²) in [4.78, 5) is 12.2. The number of hydrogen-bond acceptors (Lipinski definition) is 6. The van der Waals surface area contributed by atoms with Crippen LogP contribution in [0.3, 0.4) is 0 Å². The Hall–Kier alpha value is -1.40. The van der Waals surface area contributed by atoms with E-state index in [1.165, 1.54) is 20.5 Å². The standard InChI is InChI=1S/C7H11N3O3/c1-11-6-5(3-13-8)7(12-2)10-4-9-6/h4H,3,8H2,1-2H3. The summed E-state index contributed by atoms with van der Waals surface area (Å²) in [5.41, 5.74) is 0.593. The highest BCUT2D eigenvalue weighted by Crippen LogP contribution is 2.23. The number of nitrogens with two attached hydrogens (primary N) is 1. The molecule has 0 aromatic carbocycles. The molecule has 1 heterocycles. The Balaban J connectivity index is 3.05. The lowest BCUT2D eigenvalue weighted by atomic mass is 10.3. The molecule has 0 amide bonds. The van der Waals surface area contributed by atoms with Crippen molar-refractivity contribution in [2.75, 3.05) is 14.2 Å². The Morgan fingerprint density at radius 3 is 2.15 bits per heavy atom. The molecule has 0 fully saturated rings. The molecule has 0 aliphatic rings. The summed E-state index contributed by atoms with van der Waals surface area (Å²) in [5.74, 6) is 5.74. The van der Waals surface area contributed by atoms with E-state index in [0.717, 1.165) is 0 Å². The average molecular weight is 185 g/mol. The van der Waals surface area contributed by atoms with Gasteiger partial charge in [0, 0.05) is 0 Å². The van der Waals surface area contributed by atoms with Crippen molar-refractivity contribution < 1.29 is 14.3 Å². The van der Waals surface area contributed by atoms with Crippen molar-refractivity contribution in [1.29, 1.82) is 0 Å². The van der Waals surface area contributed by atoms with Gasteiger partial charge >= 0.3 is 0 Å². The van der Waals surface area contributed by atoms with E-state index in [-0.39, 0.29) is 6.61 Å². The van der Waals surface area contributed by atoms with E-state index in [9.17, 15) is 0 Å². The highest BCUT2D eigenvalue weighted by molar-refractivity contribution is 5.33. The largest absolute Gasteiger partial charge is 0.481 e. The molecule has 72 valence electrons. The third-order valence-electron chi connectivity index (χ3n) is 1.48. The van der Waals surface area contributed by atoms with E-state index in [1.807, 2.05) is 0 Å². The molecule has 0 radical (unpaired) electrons. The second-order valence-electron chi connectivity index (χ2n) is 2.18.